The van der Waals surface area contributed by atoms with Crippen LogP contribution in [0, 0.1) is 6.92 Å². The number of H-pyrrole nitrogens is 1. The van der Waals surface area contributed by atoms with Gasteiger partial charge in [0.25, 0.3) is 5.91 Å². The molecule has 1 amide bonds. The lowest BCUT2D eigenvalue weighted by Gasteiger charge is -2.04. The summed E-state index contributed by atoms with van der Waals surface area (Å²) in [5, 5.41) is 9.66. The highest BCUT2D eigenvalue weighted by Gasteiger charge is 2.09. The van der Waals surface area contributed by atoms with E-state index in [-0.39, 0.29) is 5.91 Å². The molecule has 88 valence electrons. The van der Waals surface area contributed by atoms with Crippen LogP contribution < -0.4 is 5.32 Å². The van der Waals surface area contributed by atoms with E-state index in [4.69, 9.17) is 0 Å². The van der Waals surface area contributed by atoms with E-state index in [0.717, 1.165) is 17.7 Å². The van der Waals surface area contributed by atoms with Crippen LogP contribution in [-0.4, -0.2) is 16.1 Å². The van der Waals surface area contributed by atoms with E-state index in [1.54, 1.807) is 6.07 Å². The molecule has 0 aliphatic rings. The molecule has 1 heterocycles. The number of carbonyl (C=O) groups is 1. The number of amides is 1. The average Bonchev–Trinajstić information content (AvgIpc) is 2.77. The highest BCUT2D eigenvalue weighted by molar-refractivity contribution is 6.04. The van der Waals surface area contributed by atoms with Crippen molar-refractivity contribution in [3.05, 3.63) is 47.2 Å². The van der Waals surface area contributed by atoms with Crippen molar-refractivity contribution in [2.45, 2.75) is 20.3 Å². The molecule has 0 saturated carbocycles. The molecular formula is C13H15N3O. The normalized spacial score (nSPS) is 10.2. The van der Waals surface area contributed by atoms with Crippen LogP contribution in [0.3, 0.4) is 0 Å². The number of anilines is 1. The Kier molecular flexibility index (Phi) is 3.23. The smallest absolute Gasteiger partial charge is 0.257 e. The van der Waals surface area contributed by atoms with Crippen molar-refractivity contribution < 1.29 is 4.79 Å². The first-order chi connectivity index (χ1) is 8.20. The van der Waals surface area contributed by atoms with Gasteiger partial charge in [0.1, 0.15) is 0 Å². The summed E-state index contributed by atoms with van der Waals surface area (Å²) in [5.74, 6) is 0.437. The Labute approximate surface area is 100 Å². The van der Waals surface area contributed by atoms with Crippen LogP contribution in [0.15, 0.2) is 30.3 Å². The van der Waals surface area contributed by atoms with Gasteiger partial charge in [0, 0.05) is 17.3 Å². The Morgan fingerprint density at radius 1 is 1.41 bits per heavy atom. The van der Waals surface area contributed by atoms with E-state index in [9.17, 15) is 4.79 Å². The van der Waals surface area contributed by atoms with Gasteiger partial charge in [0.15, 0.2) is 5.82 Å². The molecule has 0 aliphatic heterocycles. The van der Waals surface area contributed by atoms with E-state index in [2.05, 4.69) is 15.5 Å². The van der Waals surface area contributed by atoms with Crippen LogP contribution in [-0.2, 0) is 6.42 Å². The highest BCUT2D eigenvalue weighted by atomic mass is 16.1. The van der Waals surface area contributed by atoms with Crippen molar-refractivity contribution in [3.8, 4) is 0 Å². The molecule has 2 aromatic rings. The second-order valence-corrected chi connectivity index (χ2v) is 3.90. The summed E-state index contributed by atoms with van der Waals surface area (Å²) < 4.78 is 0. The molecular weight excluding hydrogens is 214 g/mol. The summed E-state index contributed by atoms with van der Waals surface area (Å²) in [4.78, 5) is 12.0. The van der Waals surface area contributed by atoms with Gasteiger partial charge < -0.3 is 5.32 Å². The van der Waals surface area contributed by atoms with Crippen molar-refractivity contribution in [3.63, 3.8) is 0 Å². The summed E-state index contributed by atoms with van der Waals surface area (Å²) in [6.07, 6.45) is 0.868. The van der Waals surface area contributed by atoms with Gasteiger partial charge in [-0.15, -0.1) is 0 Å². The third kappa shape index (κ3) is 2.53. The maximum atomic E-state index is 12.0. The minimum Gasteiger partial charge on any atom is -0.305 e. The summed E-state index contributed by atoms with van der Waals surface area (Å²) >= 11 is 0. The fourth-order valence-corrected chi connectivity index (χ4v) is 1.62. The zero-order valence-corrected chi connectivity index (χ0v) is 9.95. The van der Waals surface area contributed by atoms with Crippen molar-refractivity contribution in [2.24, 2.45) is 0 Å². The monoisotopic (exact) mass is 229 g/mol. The van der Waals surface area contributed by atoms with Gasteiger partial charge in [-0.2, -0.15) is 5.10 Å². The molecule has 2 rings (SSSR count). The number of hydrogen-bond acceptors (Lipinski definition) is 2. The molecule has 17 heavy (non-hydrogen) atoms. The van der Waals surface area contributed by atoms with Crippen LogP contribution in [0.25, 0.3) is 0 Å². The van der Waals surface area contributed by atoms with Gasteiger partial charge in [-0.3, -0.25) is 9.89 Å². The predicted octanol–water partition coefficient (Wildman–Crippen LogP) is 2.53. The molecule has 0 bridgehead atoms. The topological polar surface area (TPSA) is 57.8 Å². The fraction of sp³-hybridized carbons (Fsp3) is 0.231. The third-order valence-corrected chi connectivity index (χ3v) is 2.64. The number of aromatic nitrogens is 2. The van der Waals surface area contributed by atoms with Crippen LogP contribution in [0.5, 0.6) is 0 Å². The number of benzene rings is 1. The third-order valence-electron chi connectivity index (χ3n) is 2.64. The van der Waals surface area contributed by atoms with Crippen LogP contribution in [0.4, 0.5) is 5.82 Å². The number of aromatic amines is 1. The van der Waals surface area contributed by atoms with Crippen LogP contribution in [0.1, 0.15) is 28.5 Å². The molecule has 2 N–H and O–H groups in total. The van der Waals surface area contributed by atoms with Crippen molar-refractivity contribution in [1.82, 2.24) is 10.2 Å². The number of nitrogens with one attached hydrogen (secondary N) is 2. The summed E-state index contributed by atoms with van der Waals surface area (Å²) in [7, 11) is 0. The molecule has 0 spiro atoms. The van der Waals surface area contributed by atoms with Gasteiger partial charge in [-0.05, 0) is 25.0 Å². The summed E-state index contributed by atoms with van der Waals surface area (Å²) in [6, 6.07) is 9.32. The van der Waals surface area contributed by atoms with Crippen molar-refractivity contribution in [1.29, 1.82) is 0 Å². The maximum absolute atomic E-state index is 12.0. The molecule has 0 unspecified atom stereocenters. The Hall–Kier alpha value is -2.10. The number of carbonyl (C=O) groups excluding carboxylic acids is 1. The predicted molar refractivity (Wildman–Crippen MR) is 67.1 cm³/mol. The summed E-state index contributed by atoms with van der Waals surface area (Å²) in [6.45, 7) is 3.94. The van der Waals surface area contributed by atoms with Gasteiger partial charge in [0.05, 0.1) is 0 Å². The zero-order chi connectivity index (χ0) is 12.3. The number of rotatable bonds is 3. The fourth-order valence-electron chi connectivity index (χ4n) is 1.62. The van der Waals surface area contributed by atoms with Crippen molar-refractivity contribution in [2.75, 3.05) is 5.32 Å². The molecule has 0 fully saturated rings. The minimum atomic E-state index is -0.128. The summed E-state index contributed by atoms with van der Waals surface area (Å²) in [5.41, 5.74) is 2.63. The van der Waals surface area contributed by atoms with E-state index < -0.39 is 0 Å². The Morgan fingerprint density at radius 2 is 2.18 bits per heavy atom. The molecule has 0 saturated heterocycles. The van der Waals surface area contributed by atoms with E-state index >= 15 is 0 Å². The highest BCUT2D eigenvalue weighted by Crippen LogP contribution is 2.11. The Balaban J connectivity index is 2.14. The molecule has 4 nitrogen and oxygen atoms in total. The standard InChI is InChI=1S/C13H15N3O/c1-3-10-8-12(16-15-10)14-13(17)11-7-5-4-6-9(11)2/h4-8H,3H2,1-2H3,(H2,14,15,16,17). The van der Waals surface area contributed by atoms with Gasteiger partial charge >= 0.3 is 0 Å². The number of aryl methyl sites for hydroxylation is 2. The first kappa shape index (κ1) is 11.4. The second-order valence-electron chi connectivity index (χ2n) is 3.90. The largest absolute Gasteiger partial charge is 0.305 e. The van der Waals surface area contributed by atoms with Gasteiger partial charge in [0.2, 0.25) is 0 Å². The van der Waals surface area contributed by atoms with Crippen LogP contribution in [0.2, 0.25) is 0 Å². The second kappa shape index (κ2) is 4.82. The molecule has 4 heteroatoms. The lowest BCUT2D eigenvalue weighted by Crippen LogP contribution is -2.13. The maximum Gasteiger partial charge on any atom is 0.257 e. The quantitative estimate of drug-likeness (QED) is 0.849. The number of hydrogen-bond donors (Lipinski definition) is 2. The Morgan fingerprint density at radius 3 is 2.82 bits per heavy atom. The van der Waals surface area contributed by atoms with E-state index in [1.165, 1.54) is 0 Å². The lowest BCUT2D eigenvalue weighted by molar-refractivity contribution is 0.102. The molecule has 0 radical (unpaired) electrons. The Bertz CT molecular complexity index is 531. The molecule has 0 aliphatic carbocycles. The zero-order valence-electron chi connectivity index (χ0n) is 9.95. The SMILES string of the molecule is CCc1cc(NC(=O)c2ccccc2C)n[nH]1. The van der Waals surface area contributed by atoms with Crippen LogP contribution >= 0.6 is 0 Å². The minimum absolute atomic E-state index is 0.128. The molecule has 1 aromatic carbocycles. The van der Waals surface area contributed by atoms with Crippen molar-refractivity contribution >= 4 is 11.7 Å². The first-order valence-electron chi connectivity index (χ1n) is 5.62. The molecule has 0 atom stereocenters. The molecule has 1 aromatic heterocycles. The first-order valence-corrected chi connectivity index (χ1v) is 5.62. The van der Waals surface area contributed by atoms with E-state index in [0.29, 0.717) is 11.4 Å². The average molecular weight is 229 g/mol. The van der Waals surface area contributed by atoms with E-state index in [1.807, 2.05) is 38.1 Å². The number of nitrogens with zero attached hydrogens (tertiary/aromatic N) is 1. The van der Waals surface area contributed by atoms with Gasteiger partial charge in [-0.1, -0.05) is 25.1 Å². The lowest BCUT2D eigenvalue weighted by atomic mass is 10.1. The van der Waals surface area contributed by atoms with Gasteiger partial charge in [-0.25, -0.2) is 0 Å².